The topological polar surface area (TPSA) is 29.1 Å². The lowest BCUT2D eigenvalue weighted by Crippen LogP contribution is -2.29. The van der Waals surface area contributed by atoms with Gasteiger partial charge in [-0.2, -0.15) is 0 Å². The smallest absolute Gasteiger partial charge is 0.220 e. The molecule has 106 valence electrons. The Morgan fingerprint density at radius 3 is 2.47 bits per heavy atom. The maximum Gasteiger partial charge on any atom is 0.220 e. The van der Waals surface area contributed by atoms with E-state index in [1.165, 1.54) is 19.3 Å². The van der Waals surface area contributed by atoms with Crippen molar-refractivity contribution in [2.24, 2.45) is 0 Å². The number of benzene rings is 1. The Labute approximate surface area is 121 Å². The van der Waals surface area contributed by atoms with Gasteiger partial charge in [-0.25, -0.2) is 0 Å². The number of halogens is 1. The number of unbranched alkanes of at least 4 members (excludes halogenated alkanes) is 4. The number of hydrogen-bond donors (Lipinski definition) is 1. The van der Waals surface area contributed by atoms with E-state index in [-0.39, 0.29) is 11.9 Å². The lowest BCUT2D eigenvalue weighted by atomic mass is 10.1. The van der Waals surface area contributed by atoms with Gasteiger partial charge in [-0.05, 0) is 12.0 Å². The summed E-state index contributed by atoms with van der Waals surface area (Å²) < 4.78 is 0. The average Bonchev–Trinajstić information content (AvgIpc) is 2.45. The lowest BCUT2D eigenvalue weighted by molar-refractivity contribution is -0.121. The molecule has 0 spiro atoms. The van der Waals surface area contributed by atoms with Crippen molar-refractivity contribution in [3.63, 3.8) is 0 Å². The SMILES string of the molecule is CCCCCCCC(=O)NC(CCl)c1ccccc1. The van der Waals surface area contributed by atoms with Gasteiger partial charge in [0.15, 0.2) is 0 Å². The predicted molar refractivity (Wildman–Crippen MR) is 81.4 cm³/mol. The van der Waals surface area contributed by atoms with Gasteiger partial charge in [0.1, 0.15) is 0 Å². The highest BCUT2D eigenvalue weighted by atomic mass is 35.5. The second-order valence-corrected chi connectivity index (χ2v) is 5.16. The molecule has 1 N–H and O–H groups in total. The van der Waals surface area contributed by atoms with Crippen LogP contribution in [-0.2, 0) is 4.79 Å². The molecule has 3 heteroatoms. The van der Waals surface area contributed by atoms with Gasteiger partial charge in [0.05, 0.1) is 6.04 Å². The molecule has 19 heavy (non-hydrogen) atoms. The van der Waals surface area contributed by atoms with Crippen molar-refractivity contribution in [1.82, 2.24) is 5.32 Å². The molecule has 1 rings (SSSR count). The van der Waals surface area contributed by atoms with Crippen LogP contribution in [0.25, 0.3) is 0 Å². The summed E-state index contributed by atoms with van der Waals surface area (Å²) in [5.41, 5.74) is 1.07. The Balaban J connectivity index is 2.30. The fraction of sp³-hybridized carbons (Fsp3) is 0.562. The number of carbonyl (C=O) groups is 1. The zero-order valence-electron chi connectivity index (χ0n) is 11.7. The van der Waals surface area contributed by atoms with E-state index in [0.717, 1.165) is 18.4 Å². The van der Waals surface area contributed by atoms with Crippen LogP contribution in [0.15, 0.2) is 30.3 Å². The summed E-state index contributed by atoms with van der Waals surface area (Å²) in [5.74, 6) is 0.511. The van der Waals surface area contributed by atoms with Crippen LogP contribution >= 0.6 is 11.6 Å². The number of rotatable bonds is 9. The van der Waals surface area contributed by atoms with Crippen molar-refractivity contribution < 1.29 is 4.79 Å². The standard InChI is InChI=1S/C16H24ClNO/c1-2-3-4-5-9-12-16(19)18-15(13-17)14-10-7-6-8-11-14/h6-8,10-11,15H,2-5,9,12-13H2,1H3,(H,18,19). The molecule has 0 radical (unpaired) electrons. The maximum absolute atomic E-state index is 11.8. The minimum absolute atomic E-state index is 0.0778. The highest BCUT2D eigenvalue weighted by Gasteiger charge is 2.12. The van der Waals surface area contributed by atoms with Crippen molar-refractivity contribution in [1.29, 1.82) is 0 Å². The van der Waals surface area contributed by atoms with Gasteiger partial charge in [-0.15, -0.1) is 11.6 Å². The normalized spacial score (nSPS) is 12.1. The summed E-state index contributed by atoms with van der Waals surface area (Å²) >= 11 is 5.93. The molecule has 1 atom stereocenters. The van der Waals surface area contributed by atoms with Gasteiger partial charge >= 0.3 is 0 Å². The van der Waals surface area contributed by atoms with E-state index in [4.69, 9.17) is 11.6 Å². The van der Waals surface area contributed by atoms with Gasteiger partial charge in [-0.1, -0.05) is 62.9 Å². The quantitative estimate of drug-likeness (QED) is 0.526. The summed E-state index contributed by atoms with van der Waals surface area (Å²) in [7, 11) is 0. The van der Waals surface area contributed by atoms with E-state index < -0.39 is 0 Å². The molecule has 0 bridgehead atoms. The van der Waals surface area contributed by atoms with E-state index in [1.54, 1.807) is 0 Å². The van der Waals surface area contributed by atoms with E-state index in [0.29, 0.717) is 12.3 Å². The van der Waals surface area contributed by atoms with Gasteiger partial charge in [0.2, 0.25) is 5.91 Å². The molecule has 0 fully saturated rings. The average molecular weight is 282 g/mol. The van der Waals surface area contributed by atoms with Gasteiger partial charge < -0.3 is 5.32 Å². The minimum atomic E-state index is -0.0778. The third-order valence-corrected chi connectivity index (χ3v) is 3.51. The number of carbonyl (C=O) groups excluding carboxylic acids is 1. The lowest BCUT2D eigenvalue weighted by Gasteiger charge is -2.16. The summed E-state index contributed by atoms with van der Waals surface area (Å²) in [6.45, 7) is 2.19. The minimum Gasteiger partial charge on any atom is -0.348 e. The van der Waals surface area contributed by atoms with Crippen LogP contribution in [0.3, 0.4) is 0 Å². The third kappa shape index (κ3) is 6.63. The summed E-state index contributed by atoms with van der Waals surface area (Å²) in [6, 6.07) is 9.80. The molecule has 1 amide bonds. The summed E-state index contributed by atoms with van der Waals surface area (Å²) in [5, 5.41) is 3.00. The second-order valence-electron chi connectivity index (χ2n) is 4.85. The van der Waals surface area contributed by atoms with Crippen molar-refractivity contribution in [3.05, 3.63) is 35.9 Å². The highest BCUT2D eigenvalue weighted by Crippen LogP contribution is 2.14. The fourth-order valence-electron chi connectivity index (χ4n) is 2.05. The zero-order valence-corrected chi connectivity index (χ0v) is 12.5. The summed E-state index contributed by atoms with van der Waals surface area (Å²) in [4.78, 5) is 11.8. The number of nitrogens with one attached hydrogen (secondary N) is 1. The fourth-order valence-corrected chi connectivity index (χ4v) is 2.31. The van der Waals surface area contributed by atoms with E-state index in [1.807, 2.05) is 30.3 Å². The molecule has 0 heterocycles. The maximum atomic E-state index is 11.8. The van der Waals surface area contributed by atoms with Crippen molar-refractivity contribution in [2.45, 2.75) is 51.5 Å². The highest BCUT2D eigenvalue weighted by molar-refractivity contribution is 6.18. The largest absolute Gasteiger partial charge is 0.348 e. The molecule has 2 nitrogen and oxygen atoms in total. The van der Waals surface area contributed by atoms with Crippen LogP contribution in [0.1, 0.15) is 57.1 Å². The van der Waals surface area contributed by atoms with E-state index in [2.05, 4.69) is 12.2 Å². The van der Waals surface area contributed by atoms with Crippen LogP contribution in [-0.4, -0.2) is 11.8 Å². The Bertz CT molecular complexity index is 353. The van der Waals surface area contributed by atoms with E-state index in [9.17, 15) is 4.79 Å². The Hall–Kier alpha value is -1.02. The van der Waals surface area contributed by atoms with Crippen LogP contribution < -0.4 is 5.32 Å². The monoisotopic (exact) mass is 281 g/mol. The number of hydrogen-bond acceptors (Lipinski definition) is 1. The first-order valence-electron chi connectivity index (χ1n) is 7.18. The second kappa shape index (κ2) is 9.85. The molecule has 0 aliphatic rings. The van der Waals surface area contributed by atoms with Gasteiger partial charge in [0, 0.05) is 12.3 Å². The molecular formula is C16H24ClNO. The zero-order chi connectivity index (χ0) is 13.9. The molecular weight excluding hydrogens is 258 g/mol. The summed E-state index contributed by atoms with van der Waals surface area (Å²) in [6.07, 6.45) is 6.42. The molecule has 1 aromatic carbocycles. The molecule has 0 aliphatic heterocycles. The number of amides is 1. The van der Waals surface area contributed by atoms with Crippen LogP contribution in [0.4, 0.5) is 0 Å². The Morgan fingerprint density at radius 1 is 1.16 bits per heavy atom. The molecule has 1 unspecified atom stereocenters. The molecule has 0 saturated heterocycles. The van der Waals surface area contributed by atoms with Crippen LogP contribution in [0.5, 0.6) is 0 Å². The Morgan fingerprint density at radius 2 is 1.84 bits per heavy atom. The first-order chi connectivity index (χ1) is 9.27. The van der Waals surface area contributed by atoms with E-state index >= 15 is 0 Å². The van der Waals surface area contributed by atoms with Crippen molar-refractivity contribution >= 4 is 17.5 Å². The molecule has 0 aromatic heterocycles. The first-order valence-corrected chi connectivity index (χ1v) is 7.71. The van der Waals surface area contributed by atoms with Crippen LogP contribution in [0.2, 0.25) is 0 Å². The Kier molecular flexibility index (Phi) is 8.31. The van der Waals surface area contributed by atoms with Gasteiger partial charge in [0.25, 0.3) is 0 Å². The van der Waals surface area contributed by atoms with Crippen molar-refractivity contribution in [2.75, 3.05) is 5.88 Å². The van der Waals surface area contributed by atoms with Crippen molar-refractivity contribution in [3.8, 4) is 0 Å². The predicted octanol–water partition coefficient (Wildman–Crippen LogP) is 4.44. The molecule has 0 aliphatic carbocycles. The molecule has 1 aromatic rings. The van der Waals surface area contributed by atoms with Gasteiger partial charge in [-0.3, -0.25) is 4.79 Å². The first kappa shape index (κ1) is 16.0. The van der Waals surface area contributed by atoms with Crippen LogP contribution in [0, 0.1) is 0 Å². The number of alkyl halides is 1. The third-order valence-electron chi connectivity index (χ3n) is 3.20. The molecule has 0 saturated carbocycles.